The molecule has 4 nitrogen and oxygen atoms in total. The predicted octanol–water partition coefficient (Wildman–Crippen LogP) is 2.95. The minimum atomic E-state index is -0.0116. The van der Waals surface area contributed by atoms with Gasteiger partial charge in [0.05, 0.1) is 5.92 Å². The fourth-order valence-corrected chi connectivity index (χ4v) is 1.86. The molecule has 0 amide bonds. The monoisotopic (exact) mass is 295 g/mol. The molecule has 0 aliphatic heterocycles. The molecule has 17 heavy (non-hydrogen) atoms. The molecule has 1 aromatic carbocycles. The van der Waals surface area contributed by atoms with Gasteiger partial charge in [-0.1, -0.05) is 40.1 Å². The van der Waals surface area contributed by atoms with Crippen molar-refractivity contribution in [1.82, 2.24) is 10.1 Å². The molecule has 90 valence electrons. The zero-order valence-corrected chi connectivity index (χ0v) is 11.3. The van der Waals surface area contributed by atoms with Crippen LogP contribution >= 0.6 is 15.9 Å². The van der Waals surface area contributed by atoms with Crippen molar-refractivity contribution in [2.24, 2.45) is 5.73 Å². The molecular formula is C12H14BrN3O. The van der Waals surface area contributed by atoms with Crippen LogP contribution in [0.15, 0.2) is 33.3 Å². The molecule has 2 aromatic rings. The van der Waals surface area contributed by atoms with E-state index < -0.39 is 0 Å². The van der Waals surface area contributed by atoms with Crippen LogP contribution in [0.3, 0.4) is 0 Å². The first-order chi connectivity index (χ1) is 8.09. The van der Waals surface area contributed by atoms with Gasteiger partial charge in [0.2, 0.25) is 11.7 Å². The van der Waals surface area contributed by atoms with E-state index in [0.29, 0.717) is 11.7 Å². The average molecular weight is 296 g/mol. The number of benzene rings is 1. The third kappa shape index (κ3) is 2.56. The summed E-state index contributed by atoms with van der Waals surface area (Å²) in [4.78, 5) is 4.37. The van der Waals surface area contributed by atoms with Crippen molar-refractivity contribution < 1.29 is 4.52 Å². The van der Waals surface area contributed by atoms with Crippen molar-refractivity contribution in [1.29, 1.82) is 0 Å². The minimum absolute atomic E-state index is 0.0116. The van der Waals surface area contributed by atoms with Crippen LogP contribution in [0.2, 0.25) is 0 Å². The second-order valence-corrected chi connectivity index (χ2v) is 4.94. The van der Waals surface area contributed by atoms with Crippen LogP contribution in [-0.2, 0) is 0 Å². The summed E-state index contributed by atoms with van der Waals surface area (Å²) in [5, 5.41) is 3.98. The Balaban J connectivity index is 2.34. The lowest BCUT2D eigenvalue weighted by Gasteiger charge is -2.09. The van der Waals surface area contributed by atoms with E-state index >= 15 is 0 Å². The van der Waals surface area contributed by atoms with Gasteiger partial charge in [0, 0.05) is 16.1 Å². The molecule has 2 rings (SSSR count). The van der Waals surface area contributed by atoms with E-state index in [-0.39, 0.29) is 12.0 Å². The van der Waals surface area contributed by atoms with E-state index in [1.165, 1.54) is 0 Å². The van der Waals surface area contributed by atoms with Crippen molar-refractivity contribution in [3.63, 3.8) is 0 Å². The molecule has 2 N–H and O–H groups in total. The number of nitrogens with zero attached hydrogens (tertiary/aromatic N) is 2. The van der Waals surface area contributed by atoms with E-state index in [4.69, 9.17) is 10.3 Å². The lowest BCUT2D eigenvalue weighted by Crippen LogP contribution is -2.22. The fraction of sp³-hybridized carbons (Fsp3) is 0.333. The van der Waals surface area contributed by atoms with E-state index in [9.17, 15) is 0 Å². The highest BCUT2D eigenvalue weighted by Gasteiger charge is 2.19. The highest BCUT2D eigenvalue weighted by Crippen LogP contribution is 2.27. The Hall–Kier alpha value is -1.20. The summed E-state index contributed by atoms with van der Waals surface area (Å²) in [6.45, 7) is 3.90. The van der Waals surface area contributed by atoms with Gasteiger partial charge in [-0.3, -0.25) is 0 Å². The van der Waals surface area contributed by atoms with Crippen LogP contribution in [0.5, 0.6) is 0 Å². The lowest BCUT2D eigenvalue weighted by atomic mass is 10.1. The van der Waals surface area contributed by atoms with Gasteiger partial charge in [0.25, 0.3) is 0 Å². The van der Waals surface area contributed by atoms with E-state index in [1.54, 1.807) is 0 Å². The summed E-state index contributed by atoms with van der Waals surface area (Å²) in [6, 6.07) is 7.75. The third-order valence-corrected chi connectivity index (χ3v) is 3.43. The maximum atomic E-state index is 5.81. The quantitative estimate of drug-likeness (QED) is 0.945. The molecule has 0 fully saturated rings. The van der Waals surface area contributed by atoms with Gasteiger partial charge in [-0.25, -0.2) is 0 Å². The summed E-state index contributed by atoms with van der Waals surface area (Å²) in [6.07, 6.45) is 0. The maximum Gasteiger partial charge on any atom is 0.231 e. The van der Waals surface area contributed by atoms with Crippen LogP contribution in [0, 0.1) is 0 Å². The Morgan fingerprint density at radius 3 is 2.65 bits per heavy atom. The topological polar surface area (TPSA) is 64.9 Å². The Kier molecular flexibility index (Phi) is 3.59. The molecule has 0 saturated carbocycles. The van der Waals surface area contributed by atoms with Crippen molar-refractivity contribution in [2.45, 2.75) is 25.8 Å². The lowest BCUT2D eigenvalue weighted by molar-refractivity contribution is 0.346. The largest absolute Gasteiger partial charge is 0.339 e. The van der Waals surface area contributed by atoms with Gasteiger partial charge < -0.3 is 10.3 Å². The molecule has 2 unspecified atom stereocenters. The molecule has 0 aliphatic rings. The summed E-state index contributed by atoms with van der Waals surface area (Å²) >= 11 is 3.46. The molecule has 0 saturated heterocycles. The van der Waals surface area contributed by atoms with E-state index in [1.807, 2.05) is 38.1 Å². The van der Waals surface area contributed by atoms with Crippen molar-refractivity contribution in [3.8, 4) is 11.4 Å². The third-order valence-electron chi connectivity index (χ3n) is 2.73. The summed E-state index contributed by atoms with van der Waals surface area (Å²) < 4.78 is 6.18. The first kappa shape index (κ1) is 12.3. The standard InChI is InChI=1S/C12H14BrN3O/c1-7(8(2)14)12-15-11(16-17-12)9-5-3-4-6-10(9)13/h3-8H,14H2,1-2H3. The van der Waals surface area contributed by atoms with Gasteiger partial charge in [-0.05, 0) is 19.1 Å². The van der Waals surface area contributed by atoms with Crippen molar-refractivity contribution >= 4 is 15.9 Å². The van der Waals surface area contributed by atoms with Crippen LogP contribution < -0.4 is 5.73 Å². The van der Waals surface area contributed by atoms with Gasteiger partial charge >= 0.3 is 0 Å². The number of hydrogen-bond acceptors (Lipinski definition) is 4. The first-order valence-corrected chi connectivity index (χ1v) is 6.23. The maximum absolute atomic E-state index is 5.81. The molecule has 1 aromatic heterocycles. The first-order valence-electron chi connectivity index (χ1n) is 5.43. The van der Waals surface area contributed by atoms with Gasteiger partial charge in [0.15, 0.2) is 0 Å². The Labute approximate surface area is 108 Å². The highest BCUT2D eigenvalue weighted by molar-refractivity contribution is 9.10. The van der Waals surface area contributed by atoms with Crippen LogP contribution in [-0.4, -0.2) is 16.2 Å². The molecule has 0 bridgehead atoms. The summed E-state index contributed by atoms with van der Waals surface area (Å²) in [5.41, 5.74) is 6.72. The number of halogens is 1. The minimum Gasteiger partial charge on any atom is -0.339 e. The second-order valence-electron chi connectivity index (χ2n) is 4.08. The zero-order chi connectivity index (χ0) is 12.4. The normalized spacial score (nSPS) is 14.6. The number of nitrogens with two attached hydrogens (primary N) is 1. The second kappa shape index (κ2) is 4.98. The van der Waals surface area contributed by atoms with Crippen LogP contribution in [0.4, 0.5) is 0 Å². The average Bonchev–Trinajstić information content (AvgIpc) is 2.77. The Morgan fingerprint density at radius 1 is 1.29 bits per heavy atom. The molecule has 0 spiro atoms. The molecule has 1 heterocycles. The highest BCUT2D eigenvalue weighted by atomic mass is 79.9. The van der Waals surface area contributed by atoms with Crippen molar-refractivity contribution in [3.05, 3.63) is 34.6 Å². The van der Waals surface area contributed by atoms with Crippen LogP contribution in [0.25, 0.3) is 11.4 Å². The molecule has 0 aliphatic carbocycles. The van der Waals surface area contributed by atoms with Gasteiger partial charge in [-0.2, -0.15) is 4.98 Å². The number of rotatable bonds is 3. The van der Waals surface area contributed by atoms with E-state index in [2.05, 4.69) is 26.1 Å². The zero-order valence-electron chi connectivity index (χ0n) is 9.72. The molecular weight excluding hydrogens is 282 g/mol. The predicted molar refractivity (Wildman–Crippen MR) is 69.5 cm³/mol. The summed E-state index contributed by atoms with van der Waals surface area (Å²) in [7, 11) is 0. The Morgan fingerprint density at radius 2 is 2.00 bits per heavy atom. The van der Waals surface area contributed by atoms with E-state index in [0.717, 1.165) is 10.0 Å². The number of hydrogen-bond donors (Lipinski definition) is 1. The van der Waals surface area contributed by atoms with Gasteiger partial charge in [0.1, 0.15) is 0 Å². The Bertz CT molecular complexity index is 510. The van der Waals surface area contributed by atoms with Gasteiger partial charge in [-0.15, -0.1) is 0 Å². The molecule has 0 radical (unpaired) electrons. The smallest absolute Gasteiger partial charge is 0.231 e. The summed E-state index contributed by atoms with van der Waals surface area (Å²) in [5.74, 6) is 1.21. The molecule has 2 atom stereocenters. The SMILES string of the molecule is CC(N)C(C)c1nc(-c2ccccc2Br)no1. The number of aromatic nitrogens is 2. The van der Waals surface area contributed by atoms with Crippen LogP contribution in [0.1, 0.15) is 25.7 Å². The fourth-order valence-electron chi connectivity index (χ4n) is 1.40. The van der Waals surface area contributed by atoms with Crippen molar-refractivity contribution in [2.75, 3.05) is 0 Å². The molecule has 5 heteroatoms.